The van der Waals surface area contributed by atoms with E-state index in [1.165, 1.54) is 6.20 Å². The number of aliphatic hydroxyl groups is 1. The number of pyridine rings is 1. The Balaban J connectivity index is 2.22. The molecule has 0 amide bonds. The zero-order valence-electron chi connectivity index (χ0n) is 9.63. The first-order valence-electron chi connectivity index (χ1n) is 5.37. The minimum Gasteiger partial charge on any atom is -0.457 e. The van der Waals surface area contributed by atoms with Crippen molar-refractivity contribution in [2.24, 2.45) is 5.73 Å². The number of ether oxygens (including phenoxy) is 1. The van der Waals surface area contributed by atoms with Crippen molar-refractivity contribution < 1.29 is 9.84 Å². The summed E-state index contributed by atoms with van der Waals surface area (Å²) in [5, 5.41) is 16.3. The van der Waals surface area contributed by atoms with E-state index in [1.807, 2.05) is 0 Å². The van der Waals surface area contributed by atoms with E-state index in [2.05, 4.69) is 4.98 Å². The number of aliphatic hydroxyl groups excluding tert-OH is 1. The molecule has 1 aromatic carbocycles. The number of amidine groups is 1. The van der Waals surface area contributed by atoms with Crippen molar-refractivity contribution in [2.75, 3.05) is 0 Å². The van der Waals surface area contributed by atoms with Crippen LogP contribution in [0.5, 0.6) is 11.5 Å². The van der Waals surface area contributed by atoms with E-state index in [1.54, 1.807) is 36.4 Å². The minimum absolute atomic E-state index is 0.0355. The molecule has 5 nitrogen and oxygen atoms in total. The summed E-state index contributed by atoms with van der Waals surface area (Å²) in [7, 11) is 0. The first-order valence-corrected chi connectivity index (χ1v) is 5.37. The van der Waals surface area contributed by atoms with Crippen molar-refractivity contribution in [1.82, 2.24) is 4.98 Å². The summed E-state index contributed by atoms with van der Waals surface area (Å²) >= 11 is 0. The summed E-state index contributed by atoms with van der Waals surface area (Å²) in [6.07, 6.45) is 1.53. The summed E-state index contributed by atoms with van der Waals surface area (Å²) < 4.78 is 5.61. The van der Waals surface area contributed by atoms with Crippen LogP contribution in [0.1, 0.15) is 11.3 Å². The lowest BCUT2D eigenvalue weighted by atomic mass is 10.2. The Morgan fingerprint density at radius 1 is 1.28 bits per heavy atom. The lowest BCUT2D eigenvalue weighted by Gasteiger charge is -2.07. The van der Waals surface area contributed by atoms with E-state index in [0.29, 0.717) is 17.2 Å². The maximum absolute atomic E-state index is 9.03. The molecule has 0 spiro atoms. The van der Waals surface area contributed by atoms with E-state index in [0.717, 1.165) is 5.56 Å². The standard InChI is InChI=1S/C13H13N3O2/c14-13(15)12-7-11(4-5-16-12)18-10-3-1-2-9(6-10)8-17/h1-7,17H,8H2,(H3,14,15). The van der Waals surface area contributed by atoms with Crippen molar-refractivity contribution in [2.45, 2.75) is 6.61 Å². The van der Waals surface area contributed by atoms with Gasteiger partial charge in [0.15, 0.2) is 0 Å². The molecule has 0 aliphatic rings. The van der Waals surface area contributed by atoms with Crippen LogP contribution in [0.25, 0.3) is 0 Å². The fourth-order valence-electron chi connectivity index (χ4n) is 1.47. The van der Waals surface area contributed by atoms with Crippen LogP contribution in [0.4, 0.5) is 0 Å². The molecule has 0 atom stereocenters. The van der Waals surface area contributed by atoms with Crippen LogP contribution >= 0.6 is 0 Å². The SMILES string of the molecule is N=C(N)c1cc(Oc2cccc(CO)c2)ccn1. The van der Waals surface area contributed by atoms with Crippen molar-refractivity contribution >= 4 is 5.84 Å². The number of aromatic nitrogens is 1. The second-order valence-electron chi connectivity index (χ2n) is 3.70. The molecular weight excluding hydrogens is 230 g/mol. The van der Waals surface area contributed by atoms with Crippen molar-refractivity contribution in [3.05, 3.63) is 53.9 Å². The molecule has 92 valence electrons. The van der Waals surface area contributed by atoms with E-state index < -0.39 is 0 Å². The summed E-state index contributed by atoms with van der Waals surface area (Å²) in [6, 6.07) is 10.4. The monoisotopic (exact) mass is 243 g/mol. The first kappa shape index (κ1) is 12.1. The summed E-state index contributed by atoms with van der Waals surface area (Å²) in [6.45, 7) is -0.0355. The average molecular weight is 243 g/mol. The van der Waals surface area contributed by atoms with Crippen LogP contribution in [-0.2, 0) is 6.61 Å². The normalized spacial score (nSPS) is 10.1. The van der Waals surface area contributed by atoms with Crippen LogP contribution in [0.3, 0.4) is 0 Å². The minimum atomic E-state index is -0.107. The van der Waals surface area contributed by atoms with Gasteiger partial charge in [-0.25, -0.2) is 0 Å². The van der Waals surface area contributed by atoms with Gasteiger partial charge < -0.3 is 15.6 Å². The Bertz CT molecular complexity index is 570. The smallest absolute Gasteiger partial charge is 0.141 e. The van der Waals surface area contributed by atoms with Gasteiger partial charge in [-0.3, -0.25) is 10.4 Å². The molecule has 0 unspecified atom stereocenters. The molecule has 0 aliphatic carbocycles. The zero-order valence-corrected chi connectivity index (χ0v) is 9.63. The highest BCUT2D eigenvalue weighted by atomic mass is 16.5. The van der Waals surface area contributed by atoms with E-state index >= 15 is 0 Å². The van der Waals surface area contributed by atoms with Crippen LogP contribution in [0, 0.1) is 5.41 Å². The average Bonchev–Trinajstić information content (AvgIpc) is 2.39. The predicted molar refractivity (Wildman–Crippen MR) is 67.7 cm³/mol. The Morgan fingerprint density at radius 2 is 2.06 bits per heavy atom. The van der Waals surface area contributed by atoms with Crippen LogP contribution < -0.4 is 10.5 Å². The third-order valence-corrected chi connectivity index (χ3v) is 2.32. The van der Waals surface area contributed by atoms with Crippen LogP contribution in [0.15, 0.2) is 42.6 Å². The maximum Gasteiger partial charge on any atom is 0.141 e. The highest BCUT2D eigenvalue weighted by molar-refractivity contribution is 5.93. The highest BCUT2D eigenvalue weighted by Gasteiger charge is 2.02. The lowest BCUT2D eigenvalue weighted by Crippen LogP contribution is -2.12. The molecule has 0 bridgehead atoms. The molecule has 0 aliphatic heterocycles. The van der Waals surface area contributed by atoms with Gasteiger partial charge in [0.2, 0.25) is 0 Å². The van der Waals surface area contributed by atoms with Gasteiger partial charge in [-0.15, -0.1) is 0 Å². The molecule has 0 saturated heterocycles. The third-order valence-electron chi connectivity index (χ3n) is 2.32. The Hall–Kier alpha value is -2.40. The van der Waals surface area contributed by atoms with Crippen molar-refractivity contribution in [3.8, 4) is 11.5 Å². The van der Waals surface area contributed by atoms with Gasteiger partial charge in [0.05, 0.1) is 6.61 Å². The van der Waals surface area contributed by atoms with Gasteiger partial charge in [0.25, 0.3) is 0 Å². The Labute approximate surface area is 104 Å². The molecule has 5 heteroatoms. The number of nitrogens with one attached hydrogen (secondary N) is 1. The van der Waals surface area contributed by atoms with Gasteiger partial charge in [0.1, 0.15) is 23.0 Å². The summed E-state index contributed by atoms with van der Waals surface area (Å²) in [4.78, 5) is 3.94. The van der Waals surface area contributed by atoms with Crippen molar-refractivity contribution in [1.29, 1.82) is 5.41 Å². The number of hydrogen-bond donors (Lipinski definition) is 3. The largest absolute Gasteiger partial charge is 0.457 e. The quantitative estimate of drug-likeness (QED) is 0.562. The van der Waals surface area contributed by atoms with E-state index in [4.69, 9.17) is 21.0 Å². The highest BCUT2D eigenvalue weighted by Crippen LogP contribution is 2.22. The summed E-state index contributed by atoms with van der Waals surface area (Å²) in [5.41, 5.74) is 6.49. The molecule has 0 radical (unpaired) electrons. The van der Waals surface area contributed by atoms with Gasteiger partial charge in [0, 0.05) is 12.3 Å². The fourth-order valence-corrected chi connectivity index (χ4v) is 1.47. The fraction of sp³-hybridized carbons (Fsp3) is 0.0769. The Kier molecular flexibility index (Phi) is 3.54. The number of nitrogen functional groups attached to an aromatic ring is 1. The molecule has 2 rings (SSSR count). The number of nitrogens with zero attached hydrogens (tertiary/aromatic N) is 1. The summed E-state index contributed by atoms with van der Waals surface area (Å²) in [5.74, 6) is 1.05. The van der Waals surface area contributed by atoms with Gasteiger partial charge in [-0.1, -0.05) is 12.1 Å². The first-order chi connectivity index (χ1) is 8.69. The predicted octanol–water partition coefficient (Wildman–Crippen LogP) is 1.65. The molecule has 2 aromatic rings. The molecule has 4 N–H and O–H groups in total. The molecule has 1 heterocycles. The van der Waals surface area contributed by atoms with Gasteiger partial charge >= 0.3 is 0 Å². The van der Waals surface area contributed by atoms with Crippen molar-refractivity contribution in [3.63, 3.8) is 0 Å². The number of hydrogen-bond acceptors (Lipinski definition) is 4. The molecular formula is C13H13N3O2. The molecule has 18 heavy (non-hydrogen) atoms. The zero-order chi connectivity index (χ0) is 13.0. The number of rotatable bonds is 4. The third kappa shape index (κ3) is 2.83. The van der Waals surface area contributed by atoms with E-state index in [-0.39, 0.29) is 12.4 Å². The van der Waals surface area contributed by atoms with Crippen LogP contribution in [0.2, 0.25) is 0 Å². The number of nitrogens with two attached hydrogens (primary N) is 1. The Morgan fingerprint density at radius 3 is 2.78 bits per heavy atom. The molecule has 0 saturated carbocycles. The molecule has 1 aromatic heterocycles. The topological polar surface area (TPSA) is 92.2 Å². The second-order valence-corrected chi connectivity index (χ2v) is 3.70. The molecule has 0 fully saturated rings. The van der Waals surface area contributed by atoms with Gasteiger partial charge in [-0.05, 0) is 23.8 Å². The maximum atomic E-state index is 9.03. The van der Waals surface area contributed by atoms with Gasteiger partial charge in [-0.2, -0.15) is 0 Å². The van der Waals surface area contributed by atoms with Crippen LogP contribution in [-0.4, -0.2) is 15.9 Å². The van der Waals surface area contributed by atoms with E-state index in [9.17, 15) is 0 Å². The number of benzene rings is 1. The lowest BCUT2D eigenvalue weighted by molar-refractivity contribution is 0.281. The second kappa shape index (κ2) is 5.29.